The first kappa shape index (κ1) is 19.3. The highest BCUT2D eigenvalue weighted by Crippen LogP contribution is 2.23. The van der Waals surface area contributed by atoms with Crippen LogP contribution in [0.25, 0.3) is 0 Å². The first-order valence-corrected chi connectivity index (χ1v) is 9.69. The summed E-state index contributed by atoms with van der Waals surface area (Å²) in [4.78, 5) is 2.44. The number of nitrogens with zero attached hydrogens (tertiary/aromatic N) is 4. The number of nitriles is 1. The number of rotatable bonds is 7. The van der Waals surface area contributed by atoms with Crippen LogP contribution in [0.1, 0.15) is 36.2 Å². The Labute approximate surface area is 161 Å². The number of hydrogen-bond acceptors (Lipinski definition) is 6. The van der Waals surface area contributed by atoms with Gasteiger partial charge < -0.3 is 10.1 Å². The molecule has 0 amide bonds. The average Bonchev–Trinajstić information content (AvgIpc) is 2.73. The second kappa shape index (κ2) is 9.45. The summed E-state index contributed by atoms with van der Waals surface area (Å²) >= 11 is 0. The second-order valence-electron chi connectivity index (χ2n) is 6.69. The maximum absolute atomic E-state index is 9.59. The normalized spacial score (nSPS) is 14.7. The lowest BCUT2D eigenvalue weighted by molar-refractivity contribution is 0.0384. The molecule has 0 bridgehead atoms. The maximum atomic E-state index is 9.59. The SMILES string of the molecule is CCc1nnc(Nc2ccc(CCN3CCOCC3)cc2)c(C#N)c1CC. The van der Waals surface area contributed by atoms with Gasteiger partial charge in [0.15, 0.2) is 5.82 Å². The molecule has 0 aliphatic carbocycles. The number of benzene rings is 1. The lowest BCUT2D eigenvalue weighted by atomic mass is 10.0. The smallest absolute Gasteiger partial charge is 0.171 e. The number of morpholine rings is 1. The summed E-state index contributed by atoms with van der Waals surface area (Å²) in [6.07, 6.45) is 2.58. The number of ether oxygens (including phenoxy) is 1. The monoisotopic (exact) mass is 365 g/mol. The van der Waals surface area contributed by atoms with E-state index < -0.39 is 0 Å². The summed E-state index contributed by atoms with van der Waals surface area (Å²) in [5.41, 5.74) is 4.70. The van der Waals surface area contributed by atoms with Crippen LogP contribution in [0.2, 0.25) is 0 Å². The average molecular weight is 365 g/mol. The van der Waals surface area contributed by atoms with Crippen molar-refractivity contribution in [2.45, 2.75) is 33.1 Å². The van der Waals surface area contributed by atoms with E-state index in [0.29, 0.717) is 11.4 Å². The lowest BCUT2D eigenvalue weighted by Gasteiger charge is -2.26. The summed E-state index contributed by atoms with van der Waals surface area (Å²) in [5, 5.41) is 21.4. The largest absolute Gasteiger partial charge is 0.379 e. The van der Waals surface area contributed by atoms with Crippen LogP contribution in [0.3, 0.4) is 0 Å². The van der Waals surface area contributed by atoms with Gasteiger partial charge in [0.25, 0.3) is 0 Å². The predicted molar refractivity (Wildman–Crippen MR) is 106 cm³/mol. The van der Waals surface area contributed by atoms with E-state index in [4.69, 9.17) is 4.74 Å². The molecule has 142 valence electrons. The van der Waals surface area contributed by atoms with Crippen LogP contribution in [0.5, 0.6) is 0 Å². The molecule has 1 aromatic heterocycles. The first-order valence-electron chi connectivity index (χ1n) is 9.69. The minimum Gasteiger partial charge on any atom is -0.379 e. The van der Waals surface area contributed by atoms with Crippen molar-refractivity contribution in [1.82, 2.24) is 15.1 Å². The molecule has 3 rings (SSSR count). The first-order chi connectivity index (χ1) is 13.2. The predicted octanol–water partition coefficient (Wildman–Crippen LogP) is 3.09. The molecule has 0 unspecified atom stereocenters. The van der Waals surface area contributed by atoms with Gasteiger partial charge in [-0.05, 0) is 42.5 Å². The summed E-state index contributed by atoms with van der Waals surface area (Å²) in [6.45, 7) is 8.84. The molecule has 0 spiro atoms. The molecule has 0 radical (unpaired) electrons. The van der Waals surface area contributed by atoms with Crippen molar-refractivity contribution < 1.29 is 4.74 Å². The number of hydrogen-bond donors (Lipinski definition) is 1. The Hall–Kier alpha value is -2.49. The molecule has 1 N–H and O–H groups in total. The van der Waals surface area contributed by atoms with Crippen LogP contribution in [-0.4, -0.2) is 47.9 Å². The lowest BCUT2D eigenvalue weighted by Crippen LogP contribution is -2.37. The van der Waals surface area contributed by atoms with E-state index in [1.54, 1.807) is 0 Å². The molecule has 1 aliphatic heterocycles. The highest BCUT2D eigenvalue weighted by Gasteiger charge is 2.14. The Morgan fingerprint density at radius 2 is 1.85 bits per heavy atom. The molecule has 2 heterocycles. The van der Waals surface area contributed by atoms with E-state index in [9.17, 15) is 5.26 Å². The van der Waals surface area contributed by atoms with Crippen molar-refractivity contribution in [3.63, 3.8) is 0 Å². The Bertz CT molecular complexity index is 791. The molecule has 1 aliphatic rings. The molecule has 1 aromatic carbocycles. The minimum absolute atomic E-state index is 0.535. The molecule has 6 nitrogen and oxygen atoms in total. The van der Waals surface area contributed by atoms with Gasteiger partial charge in [-0.3, -0.25) is 4.90 Å². The molecular formula is C21H27N5O. The number of aryl methyl sites for hydroxylation is 1. The minimum atomic E-state index is 0.535. The zero-order valence-corrected chi connectivity index (χ0v) is 16.2. The van der Waals surface area contributed by atoms with Crippen molar-refractivity contribution in [1.29, 1.82) is 5.26 Å². The molecule has 27 heavy (non-hydrogen) atoms. The molecule has 1 fully saturated rings. The highest BCUT2D eigenvalue weighted by atomic mass is 16.5. The van der Waals surface area contributed by atoms with Gasteiger partial charge in [0.2, 0.25) is 0 Å². The topological polar surface area (TPSA) is 74.1 Å². The van der Waals surface area contributed by atoms with Crippen molar-refractivity contribution in [3.8, 4) is 6.07 Å². The molecular weight excluding hydrogens is 338 g/mol. The maximum Gasteiger partial charge on any atom is 0.171 e. The molecule has 2 aromatic rings. The van der Waals surface area contributed by atoms with Gasteiger partial charge in [0.1, 0.15) is 11.6 Å². The van der Waals surface area contributed by atoms with Gasteiger partial charge in [-0.2, -0.15) is 10.4 Å². The molecule has 0 atom stereocenters. The van der Waals surface area contributed by atoms with Crippen LogP contribution < -0.4 is 5.32 Å². The van der Waals surface area contributed by atoms with E-state index in [1.807, 2.05) is 26.0 Å². The summed E-state index contributed by atoms with van der Waals surface area (Å²) < 4.78 is 5.39. The van der Waals surface area contributed by atoms with Gasteiger partial charge in [-0.15, -0.1) is 5.10 Å². The molecule has 0 saturated carbocycles. The zero-order chi connectivity index (χ0) is 19.1. The van der Waals surface area contributed by atoms with E-state index >= 15 is 0 Å². The summed E-state index contributed by atoms with van der Waals surface area (Å²) in [6, 6.07) is 10.6. The second-order valence-corrected chi connectivity index (χ2v) is 6.69. The highest BCUT2D eigenvalue weighted by molar-refractivity contribution is 5.64. The Kier molecular flexibility index (Phi) is 6.74. The zero-order valence-electron chi connectivity index (χ0n) is 16.2. The van der Waals surface area contributed by atoms with Crippen LogP contribution in [-0.2, 0) is 24.0 Å². The fourth-order valence-electron chi connectivity index (χ4n) is 3.38. The van der Waals surface area contributed by atoms with Gasteiger partial charge in [-0.25, -0.2) is 0 Å². The Balaban J connectivity index is 1.67. The fraction of sp³-hybridized carbons (Fsp3) is 0.476. The van der Waals surface area contributed by atoms with Crippen LogP contribution in [0, 0.1) is 11.3 Å². The fourth-order valence-corrected chi connectivity index (χ4v) is 3.38. The van der Waals surface area contributed by atoms with Gasteiger partial charge in [-0.1, -0.05) is 26.0 Å². The van der Waals surface area contributed by atoms with Gasteiger partial charge in [0.05, 0.1) is 18.9 Å². The van der Waals surface area contributed by atoms with Gasteiger partial charge in [0, 0.05) is 25.3 Å². The van der Waals surface area contributed by atoms with Crippen LogP contribution in [0.15, 0.2) is 24.3 Å². The number of anilines is 2. The van der Waals surface area contributed by atoms with Crippen molar-refractivity contribution in [2.24, 2.45) is 0 Å². The Morgan fingerprint density at radius 1 is 1.11 bits per heavy atom. The van der Waals surface area contributed by atoms with Gasteiger partial charge >= 0.3 is 0 Å². The van der Waals surface area contributed by atoms with Crippen LogP contribution in [0.4, 0.5) is 11.5 Å². The third kappa shape index (κ3) is 4.82. The van der Waals surface area contributed by atoms with E-state index in [0.717, 1.165) is 69.1 Å². The van der Waals surface area contributed by atoms with E-state index in [1.165, 1.54) is 5.56 Å². The van der Waals surface area contributed by atoms with Crippen molar-refractivity contribution in [3.05, 3.63) is 46.6 Å². The third-order valence-electron chi connectivity index (χ3n) is 4.99. The van der Waals surface area contributed by atoms with E-state index in [-0.39, 0.29) is 0 Å². The Morgan fingerprint density at radius 3 is 2.48 bits per heavy atom. The molecule has 6 heteroatoms. The standard InChI is InChI=1S/C21H27N5O/c1-3-18-19(15-22)21(25-24-20(18)4-2)23-17-7-5-16(6-8-17)9-10-26-11-13-27-14-12-26/h5-8H,3-4,9-14H2,1-2H3,(H,23,25). The molecule has 1 saturated heterocycles. The quantitative estimate of drug-likeness (QED) is 0.813. The third-order valence-corrected chi connectivity index (χ3v) is 4.99. The summed E-state index contributed by atoms with van der Waals surface area (Å²) in [5.74, 6) is 0.535. The van der Waals surface area contributed by atoms with Crippen LogP contribution >= 0.6 is 0 Å². The van der Waals surface area contributed by atoms with Crippen molar-refractivity contribution in [2.75, 3.05) is 38.2 Å². The summed E-state index contributed by atoms with van der Waals surface area (Å²) in [7, 11) is 0. The van der Waals surface area contributed by atoms with E-state index in [2.05, 4.69) is 38.6 Å². The van der Waals surface area contributed by atoms with Crippen molar-refractivity contribution >= 4 is 11.5 Å². The number of aromatic nitrogens is 2. The number of nitrogens with one attached hydrogen (secondary N) is 1.